The average Bonchev–Trinajstić information content (AvgIpc) is 2.98. The first-order valence-electron chi connectivity index (χ1n) is 14.2. The van der Waals surface area contributed by atoms with Gasteiger partial charge < -0.3 is 19.1 Å². The number of carbonyl (C=O) groups excluding carboxylic acids is 2. The molecule has 0 spiro atoms. The third kappa shape index (κ3) is 6.20. The minimum Gasteiger partial charge on any atom is -0.493 e. The summed E-state index contributed by atoms with van der Waals surface area (Å²) in [5, 5.41) is 0. The second-order valence-corrected chi connectivity index (χ2v) is 10.3. The summed E-state index contributed by atoms with van der Waals surface area (Å²) in [6.45, 7) is 7.93. The van der Waals surface area contributed by atoms with Gasteiger partial charge in [0.05, 0.1) is 37.1 Å². The van der Waals surface area contributed by atoms with Gasteiger partial charge >= 0.3 is 5.97 Å². The molecule has 0 radical (unpaired) electrons. The van der Waals surface area contributed by atoms with Crippen LogP contribution in [0.3, 0.4) is 0 Å². The monoisotopic (exact) mass is 561 g/mol. The van der Waals surface area contributed by atoms with Crippen molar-refractivity contribution in [3.05, 3.63) is 76.9 Å². The first kappa shape index (κ1) is 28.5. The molecule has 1 aromatic heterocycles. The maximum atomic E-state index is 13.6. The Bertz CT molecular complexity index is 1380. The SMILES string of the molecule is CCOc1cc(CN2CCC(N3CCc4nc(C(=O)OC)ccc4C3=O)CC2)cc(OCC)c1-c1ccc(F)cc1. The lowest BCUT2D eigenvalue weighted by Gasteiger charge is -2.40. The number of methoxy groups -OCH3 is 1. The van der Waals surface area contributed by atoms with Crippen LogP contribution in [0.1, 0.15) is 58.8 Å². The minimum atomic E-state index is -0.498. The number of likely N-dealkylation sites (tertiary alicyclic amines) is 1. The highest BCUT2D eigenvalue weighted by Crippen LogP contribution is 2.40. The summed E-state index contributed by atoms with van der Waals surface area (Å²) in [4.78, 5) is 33.9. The molecule has 5 rings (SSSR count). The molecule has 41 heavy (non-hydrogen) atoms. The van der Waals surface area contributed by atoms with E-state index in [1.807, 2.05) is 18.7 Å². The summed E-state index contributed by atoms with van der Waals surface area (Å²) in [6.07, 6.45) is 2.37. The van der Waals surface area contributed by atoms with E-state index in [-0.39, 0.29) is 23.5 Å². The number of halogens is 1. The minimum absolute atomic E-state index is 0.0206. The van der Waals surface area contributed by atoms with Gasteiger partial charge in [-0.05, 0) is 74.2 Å². The molecule has 0 N–H and O–H groups in total. The number of carbonyl (C=O) groups is 2. The normalized spacial score (nSPS) is 15.9. The summed E-state index contributed by atoms with van der Waals surface area (Å²) in [5.41, 5.74) is 4.21. The molecule has 0 aliphatic carbocycles. The van der Waals surface area contributed by atoms with Crippen LogP contribution >= 0.6 is 0 Å². The largest absolute Gasteiger partial charge is 0.493 e. The summed E-state index contributed by atoms with van der Waals surface area (Å²) in [7, 11) is 1.32. The zero-order valence-corrected chi connectivity index (χ0v) is 23.8. The smallest absolute Gasteiger partial charge is 0.356 e. The predicted molar refractivity (Wildman–Crippen MR) is 153 cm³/mol. The number of aromatic nitrogens is 1. The van der Waals surface area contributed by atoms with Crippen molar-refractivity contribution in [3.8, 4) is 22.6 Å². The highest BCUT2D eigenvalue weighted by Gasteiger charge is 2.33. The van der Waals surface area contributed by atoms with Gasteiger partial charge in [-0.25, -0.2) is 14.2 Å². The van der Waals surface area contributed by atoms with Crippen molar-refractivity contribution in [1.82, 2.24) is 14.8 Å². The summed E-state index contributed by atoms with van der Waals surface area (Å²) in [5.74, 6) is 0.632. The van der Waals surface area contributed by atoms with Gasteiger partial charge in [0.1, 0.15) is 23.0 Å². The number of benzene rings is 2. The van der Waals surface area contributed by atoms with Crippen molar-refractivity contribution in [2.24, 2.45) is 0 Å². The van der Waals surface area contributed by atoms with E-state index in [1.165, 1.54) is 19.2 Å². The Balaban J connectivity index is 1.27. The van der Waals surface area contributed by atoms with Gasteiger partial charge in [0, 0.05) is 38.6 Å². The van der Waals surface area contributed by atoms with Gasteiger partial charge in [-0.2, -0.15) is 0 Å². The van der Waals surface area contributed by atoms with Gasteiger partial charge in [-0.3, -0.25) is 9.69 Å². The van der Waals surface area contributed by atoms with Gasteiger partial charge in [-0.15, -0.1) is 0 Å². The van der Waals surface area contributed by atoms with Crippen LogP contribution in [0.25, 0.3) is 11.1 Å². The highest BCUT2D eigenvalue weighted by atomic mass is 19.1. The molecule has 0 unspecified atom stereocenters. The summed E-state index contributed by atoms with van der Waals surface area (Å²) in [6, 6.07) is 13.9. The highest BCUT2D eigenvalue weighted by molar-refractivity contribution is 5.97. The molecule has 1 saturated heterocycles. The molecule has 9 heteroatoms. The van der Waals surface area contributed by atoms with Gasteiger partial charge in [0.25, 0.3) is 5.91 Å². The fourth-order valence-corrected chi connectivity index (χ4v) is 5.76. The van der Waals surface area contributed by atoms with Crippen molar-refractivity contribution in [2.75, 3.05) is 40.0 Å². The molecule has 0 atom stereocenters. The van der Waals surface area contributed by atoms with Crippen LogP contribution in [-0.4, -0.2) is 72.7 Å². The Labute approximate surface area is 240 Å². The number of pyridine rings is 1. The molecule has 3 aromatic rings. The van der Waals surface area contributed by atoms with Gasteiger partial charge in [0.15, 0.2) is 0 Å². The van der Waals surface area contributed by atoms with Crippen molar-refractivity contribution in [1.29, 1.82) is 0 Å². The topological polar surface area (TPSA) is 81.2 Å². The molecule has 216 valence electrons. The second-order valence-electron chi connectivity index (χ2n) is 10.3. The molecule has 2 aliphatic rings. The van der Waals surface area contributed by atoms with E-state index < -0.39 is 5.97 Å². The first-order valence-corrected chi connectivity index (χ1v) is 14.2. The molecule has 0 bridgehead atoms. The Morgan fingerprint density at radius 3 is 2.24 bits per heavy atom. The lowest BCUT2D eigenvalue weighted by Crippen LogP contribution is -2.50. The third-order valence-electron chi connectivity index (χ3n) is 7.71. The number of rotatable bonds is 9. The van der Waals surface area contributed by atoms with E-state index in [9.17, 15) is 14.0 Å². The van der Waals surface area contributed by atoms with Crippen molar-refractivity contribution >= 4 is 11.9 Å². The Morgan fingerprint density at radius 2 is 1.63 bits per heavy atom. The van der Waals surface area contributed by atoms with E-state index in [4.69, 9.17) is 14.2 Å². The number of amides is 1. The maximum absolute atomic E-state index is 13.6. The van der Waals surface area contributed by atoms with Gasteiger partial charge in [0.2, 0.25) is 0 Å². The number of hydrogen-bond donors (Lipinski definition) is 0. The molecule has 1 fully saturated rings. The first-order chi connectivity index (χ1) is 19.9. The molecule has 2 aliphatic heterocycles. The maximum Gasteiger partial charge on any atom is 0.356 e. The summed E-state index contributed by atoms with van der Waals surface area (Å²) >= 11 is 0. The van der Waals surface area contributed by atoms with E-state index in [0.717, 1.165) is 60.7 Å². The summed E-state index contributed by atoms with van der Waals surface area (Å²) < 4.78 is 30.4. The van der Waals surface area contributed by atoms with Crippen LogP contribution in [0.15, 0.2) is 48.5 Å². The number of esters is 1. The van der Waals surface area contributed by atoms with Crippen LogP contribution in [0, 0.1) is 5.82 Å². The molecule has 8 nitrogen and oxygen atoms in total. The lowest BCUT2D eigenvalue weighted by molar-refractivity contribution is 0.0536. The molecule has 3 heterocycles. The molecule has 1 amide bonds. The third-order valence-corrected chi connectivity index (χ3v) is 7.71. The lowest BCUT2D eigenvalue weighted by atomic mass is 9.96. The molecular formula is C32H36FN3O5. The van der Waals surface area contributed by atoms with Crippen molar-refractivity contribution < 1.29 is 28.2 Å². The predicted octanol–water partition coefficient (Wildman–Crippen LogP) is 5.13. The van der Waals surface area contributed by atoms with Gasteiger partial charge in [-0.1, -0.05) is 12.1 Å². The van der Waals surface area contributed by atoms with Crippen molar-refractivity contribution in [3.63, 3.8) is 0 Å². The molecule has 0 saturated carbocycles. The Hall–Kier alpha value is -3.98. The Morgan fingerprint density at radius 1 is 0.976 bits per heavy atom. The molecular weight excluding hydrogens is 525 g/mol. The van der Waals surface area contributed by atoms with Crippen LogP contribution in [0.4, 0.5) is 4.39 Å². The van der Waals surface area contributed by atoms with E-state index in [2.05, 4.69) is 22.0 Å². The van der Waals surface area contributed by atoms with E-state index >= 15 is 0 Å². The van der Waals surface area contributed by atoms with E-state index in [1.54, 1.807) is 24.3 Å². The zero-order valence-electron chi connectivity index (χ0n) is 23.8. The van der Waals surface area contributed by atoms with E-state index in [0.29, 0.717) is 37.4 Å². The van der Waals surface area contributed by atoms with Crippen LogP contribution in [-0.2, 0) is 17.7 Å². The standard InChI is InChI=1S/C32H36FN3O5/c1-4-40-28-18-21(19-29(41-5-2)30(28)22-6-8-23(33)9-7-22)20-35-15-12-24(13-16-35)36-17-14-26-25(31(36)37)10-11-27(34-26)32(38)39-3/h6-11,18-19,24H,4-5,12-17,20H2,1-3H3. The quantitative estimate of drug-likeness (QED) is 0.335. The fraction of sp³-hybridized carbons (Fsp3) is 0.406. The van der Waals surface area contributed by atoms with Crippen LogP contribution in [0.5, 0.6) is 11.5 Å². The van der Waals surface area contributed by atoms with Crippen LogP contribution in [0.2, 0.25) is 0 Å². The zero-order chi connectivity index (χ0) is 28.9. The van der Waals surface area contributed by atoms with Crippen molar-refractivity contribution in [2.45, 2.75) is 45.7 Å². The number of fused-ring (bicyclic) bond motifs is 1. The second kappa shape index (κ2) is 12.7. The Kier molecular flexibility index (Phi) is 8.83. The number of hydrogen-bond acceptors (Lipinski definition) is 7. The number of ether oxygens (including phenoxy) is 3. The fourth-order valence-electron chi connectivity index (χ4n) is 5.76. The van der Waals surface area contributed by atoms with Crippen LogP contribution < -0.4 is 9.47 Å². The molecule has 2 aromatic carbocycles. The average molecular weight is 562 g/mol. The number of piperidine rings is 1. The number of nitrogens with zero attached hydrogens (tertiary/aromatic N) is 3.